The molecule has 0 spiro atoms. The van der Waals surface area contributed by atoms with Crippen LogP contribution in [0.1, 0.15) is 10.4 Å². The summed E-state index contributed by atoms with van der Waals surface area (Å²) in [5.74, 6) is 0. The first kappa shape index (κ1) is 14.3. The zero-order chi connectivity index (χ0) is 14.8. The van der Waals surface area contributed by atoms with Crippen LogP contribution >= 0.6 is 11.3 Å². The van der Waals surface area contributed by atoms with Gasteiger partial charge in [-0.1, -0.05) is 6.07 Å². The summed E-state index contributed by atoms with van der Waals surface area (Å²) >= 11 is 1.33. The molecule has 0 saturated heterocycles. The van der Waals surface area contributed by atoms with E-state index in [-0.39, 0.29) is 6.54 Å². The van der Waals surface area contributed by atoms with Gasteiger partial charge < -0.3 is 0 Å². The van der Waals surface area contributed by atoms with E-state index in [9.17, 15) is 13.2 Å². The van der Waals surface area contributed by atoms with E-state index in [1.807, 2.05) is 13.0 Å². The molecule has 0 unspecified atom stereocenters. The quantitative estimate of drug-likeness (QED) is 0.784. The van der Waals surface area contributed by atoms with Gasteiger partial charge in [-0.25, -0.2) is 4.99 Å². The van der Waals surface area contributed by atoms with Crippen LogP contribution in [0.4, 0.5) is 13.2 Å². The average Bonchev–Trinajstić information content (AvgIpc) is 2.77. The third-order valence-electron chi connectivity index (χ3n) is 2.51. The minimum Gasteiger partial charge on any atom is -0.292 e. The molecule has 3 nitrogen and oxygen atoms in total. The van der Waals surface area contributed by atoms with Crippen molar-refractivity contribution in [1.82, 2.24) is 4.57 Å². The highest BCUT2D eigenvalue weighted by atomic mass is 32.1. The first-order valence-electron chi connectivity index (χ1n) is 5.66. The van der Waals surface area contributed by atoms with E-state index in [2.05, 4.69) is 4.99 Å². The van der Waals surface area contributed by atoms with Crippen molar-refractivity contribution in [3.63, 3.8) is 0 Å². The van der Waals surface area contributed by atoms with Crippen LogP contribution in [0.2, 0.25) is 0 Å². The fourth-order valence-corrected chi connectivity index (χ4v) is 2.52. The zero-order valence-electron chi connectivity index (χ0n) is 10.5. The largest absolute Gasteiger partial charge is 0.416 e. The lowest BCUT2D eigenvalue weighted by molar-refractivity contribution is -0.137. The summed E-state index contributed by atoms with van der Waals surface area (Å²) in [5.41, 5.74) is -0.335. The molecule has 7 heteroatoms. The van der Waals surface area contributed by atoms with Crippen LogP contribution in [0, 0.1) is 18.3 Å². The number of nitriles is 1. The van der Waals surface area contributed by atoms with Crippen LogP contribution in [0.3, 0.4) is 0 Å². The summed E-state index contributed by atoms with van der Waals surface area (Å²) in [6, 6.07) is 6.91. The molecule has 1 aromatic heterocycles. The lowest BCUT2D eigenvalue weighted by Crippen LogP contribution is -2.13. The van der Waals surface area contributed by atoms with Crippen LogP contribution in [0.25, 0.3) is 5.69 Å². The van der Waals surface area contributed by atoms with Crippen molar-refractivity contribution in [2.45, 2.75) is 13.1 Å². The highest BCUT2D eigenvalue weighted by molar-refractivity contribution is 7.09. The van der Waals surface area contributed by atoms with Gasteiger partial charge >= 0.3 is 6.18 Å². The molecule has 0 bridgehead atoms. The maximum Gasteiger partial charge on any atom is 0.416 e. The van der Waals surface area contributed by atoms with E-state index in [0.29, 0.717) is 10.5 Å². The van der Waals surface area contributed by atoms with Crippen molar-refractivity contribution in [2.75, 3.05) is 6.54 Å². The Morgan fingerprint density at radius 2 is 2.15 bits per heavy atom. The lowest BCUT2D eigenvalue weighted by atomic mass is 10.2. The van der Waals surface area contributed by atoms with Crippen molar-refractivity contribution < 1.29 is 13.2 Å². The standard InChI is InChI=1S/C13H10F3N3S/c1-9-8-19(12(20-9)18-6-5-17)11-4-2-3-10(7-11)13(14,15)16/h2-4,7-8H,6H2,1H3. The topological polar surface area (TPSA) is 41.1 Å². The molecule has 0 atom stereocenters. The predicted molar refractivity (Wildman–Crippen MR) is 69.4 cm³/mol. The maximum absolute atomic E-state index is 12.7. The van der Waals surface area contributed by atoms with E-state index >= 15 is 0 Å². The second-order valence-corrected chi connectivity index (χ2v) is 5.23. The summed E-state index contributed by atoms with van der Waals surface area (Å²) in [4.78, 5) is 5.46. The second kappa shape index (κ2) is 5.51. The minimum absolute atomic E-state index is 0.0289. The Labute approximate surface area is 117 Å². The van der Waals surface area contributed by atoms with Crippen molar-refractivity contribution in [3.8, 4) is 11.8 Å². The number of alkyl halides is 3. The highest BCUT2D eigenvalue weighted by Crippen LogP contribution is 2.30. The number of aryl methyl sites for hydroxylation is 1. The van der Waals surface area contributed by atoms with E-state index in [1.165, 1.54) is 17.4 Å². The van der Waals surface area contributed by atoms with Crippen molar-refractivity contribution in [3.05, 3.63) is 45.7 Å². The molecular weight excluding hydrogens is 287 g/mol. The number of hydrogen-bond donors (Lipinski definition) is 0. The molecule has 0 amide bonds. The molecule has 1 heterocycles. The van der Waals surface area contributed by atoms with E-state index < -0.39 is 11.7 Å². The van der Waals surface area contributed by atoms with Gasteiger partial charge in [-0.3, -0.25) is 4.57 Å². The molecule has 1 aromatic carbocycles. The molecule has 0 aliphatic rings. The summed E-state index contributed by atoms with van der Waals surface area (Å²) < 4.78 is 39.7. The van der Waals surface area contributed by atoms with Gasteiger partial charge in [-0.15, -0.1) is 11.3 Å². The Morgan fingerprint density at radius 3 is 2.80 bits per heavy atom. The fraction of sp³-hybridized carbons (Fsp3) is 0.231. The van der Waals surface area contributed by atoms with Gasteiger partial charge in [0.05, 0.1) is 11.6 Å². The monoisotopic (exact) mass is 297 g/mol. The summed E-state index contributed by atoms with van der Waals surface area (Å²) in [5, 5.41) is 8.55. The number of aromatic nitrogens is 1. The molecule has 20 heavy (non-hydrogen) atoms. The Kier molecular flexibility index (Phi) is 3.95. The second-order valence-electron chi connectivity index (χ2n) is 4.02. The molecule has 0 radical (unpaired) electrons. The van der Waals surface area contributed by atoms with Gasteiger partial charge in [0.15, 0.2) is 4.80 Å². The van der Waals surface area contributed by atoms with Crippen molar-refractivity contribution in [1.29, 1.82) is 5.26 Å². The number of benzene rings is 1. The number of nitrogens with zero attached hydrogens (tertiary/aromatic N) is 3. The van der Waals surface area contributed by atoms with E-state index in [0.717, 1.165) is 17.0 Å². The third-order valence-corrected chi connectivity index (χ3v) is 3.44. The summed E-state index contributed by atoms with van der Waals surface area (Å²) in [6.07, 6.45) is -2.68. The molecule has 2 aromatic rings. The Morgan fingerprint density at radius 1 is 1.40 bits per heavy atom. The van der Waals surface area contributed by atoms with Gasteiger partial charge in [-0.05, 0) is 25.1 Å². The molecule has 0 aliphatic carbocycles. The van der Waals surface area contributed by atoms with Gasteiger partial charge in [0.1, 0.15) is 6.54 Å². The van der Waals surface area contributed by atoms with E-state index in [4.69, 9.17) is 5.26 Å². The minimum atomic E-state index is -4.38. The van der Waals surface area contributed by atoms with Crippen LogP contribution in [0.15, 0.2) is 35.5 Å². The SMILES string of the molecule is Cc1cn(-c2cccc(C(F)(F)F)c2)c(=NCC#N)s1. The summed E-state index contributed by atoms with van der Waals surface area (Å²) in [7, 11) is 0. The van der Waals surface area contributed by atoms with Crippen LogP contribution < -0.4 is 4.80 Å². The molecule has 0 aliphatic heterocycles. The van der Waals surface area contributed by atoms with Crippen molar-refractivity contribution in [2.24, 2.45) is 4.99 Å². The average molecular weight is 297 g/mol. The van der Waals surface area contributed by atoms with Gasteiger partial charge in [0.2, 0.25) is 0 Å². The first-order valence-corrected chi connectivity index (χ1v) is 6.47. The summed E-state index contributed by atoms with van der Waals surface area (Å²) in [6.45, 7) is 1.80. The van der Waals surface area contributed by atoms with Crippen LogP contribution in [-0.2, 0) is 6.18 Å². The zero-order valence-corrected chi connectivity index (χ0v) is 11.3. The van der Waals surface area contributed by atoms with Gasteiger partial charge in [-0.2, -0.15) is 18.4 Å². The number of rotatable bonds is 2. The molecule has 2 rings (SSSR count). The fourth-order valence-electron chi connectivity index (χ4n) is 1.69. The molecule has 104 valence electrons. The Hall–Kier alpha value is -2.07. The highest BCUT2D eigenvalue weighted by Gasteiger charge is 2.30. The predicted octanol–water partition coefficient (Wildman–Crippen LogP) is 3.29. The third kappa shape index (κ3) is 3.08. The van der Waals surface area contributed by atoms with Crippen LogP contribution in [-0.4, -0.2) is 11.1 Å². The lowest BCUT2D eigenvalue weighted by Gasteiger charge is -2.09. The number of hydrogen-bond acceptors (Lipinski definition) is 3. The first-order chi connectivity index (χ1) is 9.41. The number of halogens is 3. The molecular formula is C13H10F3N3S. The molecule has 0 saturated carbocycles. The van der Waals surface area contributed by atoms with Crippen LogP contribution in [0.5, 0.6) is 0 Å². The normalized spacial score (nSPS) is 12.4. The Balaban J connectivity index is 2.55. The van der Waals surface area contributed by atoms with Crippen molar-refractivity contribution >= 4 is 11.3 Å². The molecule has 0 N–H and O–H groups in total. The Bertz CT molecular complexity index is 719. The van der Waals surface area contributed by atoms with Gasteiger partial charge in [0.25, 0.3) is 0 Å². The molecule has 0 fully saturated rings. The van der Waals surface area contributed by atoms with Gasteiger partial charge in [0, 0.05) is 16.8 Å². The van der Waals surface area contributed by atoms with E-state index in [1.54, 1.807) is 16.8 Å². The maximum atomic E-state index is 12.7. The smallest absolute Gasteiger partial charge is 0.292 e. The number of thiazole rings is 1.